The Morgan fingerprint density at radius 2 is 1.83 bits per heavy atom. The van der Waals surface area contributed by atoms with Gasteiger partial charge in [0.2, 0.25) is 0 Å². The summed E-state index contributed by atoms with van der Waals surface area (Å²) >= 11 is 3.57. The Morgan fingerprint density at radius 1 is 1.22 bits per heavy atom. The molecule has 1 aliphatic heterocycles. The molecular weight excluding hydrogens is 360 g/mol. The molecule has 2 fully saturated rings. The second-order valence-electron chi connectivity index (χ2n) is 6.94. The second kappa shape index (κ2) is 6.06. The molecule has 1 aromatic heterocycles. The molecule has 0 radical (unpaired) electrons. The van der Waals surface area contributed by atoms with Gasteiger partial charge in [0.05, 0.1) is 15.9 Å². The van der Waals surface area contributed by atoms with E-state index in [1.807, 2.05) is 6.92 Å². The molecule has 0 amide bonds. The van der Waals surface area contributed by atoms with E-state index in [1.54, 1.807) is 6.92 Å². The van der Waals surface area contributed by atoms with Crippen molar-refractivity contribution in [1.82, 2.24) is 4.98 Å². The Kier molecular flexibility index (Phi) is 4.40. The molecule has 1 aromatic rings. The van der Waals surface area contributed by atoms with Crippen molar-refractivity contribution in [3.63, 3.8) is 0 Å². The summed E-state index contributed by atoms with van der Waals surface area (Å²) in [6.07, 6.45) is 4.71. The average molecular weight is 383 g/mol. The number of aliphatic carboxylic acids is 1. The first-order valence-corrected chi connectivity index (χ1v) is 8.96. The highest BCUT2D eigenvalue weighted by atomic mass is 79.9. The number of carboxylic acid groups (broad SMARTS) is 1. The number of piperidine rings is 1. The molecule has 2 aliphatic rings. The van der Waals surface area contributed by atoms with Crippen LogP contribution in [0.15, 0.2) is 4.47 Å². The van der Waals surface area contributed by atoms with Crippen LogP contribution >= 0.6 is 15.9 Å². The van der Waals surface area contributed by atoms with Crippen LogP contribution in [0.25, 0.3) is 0 Å². The fourth-order valence-electron chi connectivity index (χ4n) is 3.96. The van der Waals surface area contributed by atoms with Gasteiger partial charge in [-0.1, -0.05) is 6.42 Å². The Hall–Kier alpha value is -1.14. The number of carbonyl (C=O) groups is 1. The summed E-state index contributed by atoms with van der Waals surface area (Å²) in [6.45, 7) is 5.47. The first-order valence-electron chi connectivity index (χ1n) is 8.17. The van der Waals surface area contributed by atoms with E-state index in [9.17, 15) is 15.0 Å². The van der Waals surface area contributed by atoms with Crippen molar-refractivity contribution in [1.29, 1.82) is 0 Å². The zero-order chi connectivity index (χ0) is 16.8. The SMILES string of the molecule is Cc1nc(C)c(C(O)C(=O)O)c(N2CCC3(CCC3)CC2)c1Br. The Bertz CT molecular complexity index is 633. The van der Waals surface area contributed by atoms with Crippen molar-refractivity contribution in [2.75, 3.05) is 18.0 Å². The van der Waals surface area contributed by atoms with Crippen LogP contribution in [0.3, 0.4) is 0 Å². The lowest BCUT2D eigenvalue weighted by atomic mass is 9.63. The van der Waals surface area contributed by atoms with Crippen molar-refractivity contribution in [2.24, 2.45) is 5.41 Å². The minimum atomic E-state index is -1.55. The molecular formula is C17H23BrN2O3. The molecule has 1 spiro atoms. The van der Waals surface area contributed by atoms with Crippen LogP contribution in [0.1, 0.15) is 55.2 Å². The molecule has 1 aliphatic carbocycles. The van der Waals surface area contributed by atoms with Crippen molar-refractivity contribution in [3.05, 3.63) is 21.4 Å². The van der Waals surface area contributed by atoms with Gasteiger partial charge in [-0.05, 0) is 60.9 Å². The third-order valence-electron chi connectivity index (χ3n) is 5.57. The quantitative estimate of drug-likeness (QED) is 0.838. The number of aromatic nitrogens is 1. The van der Waals surface area contributed by atoms with Crippen LogP contribution in [0.2, 0.25) is 0 Å². The number of anilines is 1. The van der Waals surface area contributed by atoms with Gasteiger partial charge in [-0.15, -0.1) is 0 Å². The Morgan fingerprint density at radius 3 is 2.30 bits per heavy atom. The lowest BCUT2D eigenvalue weighted by Gasteiger charge is -2.49. The number of aryl methyl sites for hydroxylation is 2. The van der Waals surface area contributed by atoms with Crippen molar-refractivity contribution >= 4 is 27.6 Å². The maximum atomic E-state index is 11.3. The van der Waals surface area contributed by atoms with E-state index >= 15 is 0 Å². The van der Waals surface area contributed by atoms with Gasteiger partial charge in [0.25, 0.3) is 0 Å². The minimum Gasteiger partial charge on any atom is -0.479 e. The summed E-state index contributed by atoms with van der Waals surface area (Å²) in [6, 6.07) is 0. The molecule has 1 saturated heterocycles. The van der Waals surface area contributed by atoms with Crippen LogP contribution in [0.4, 0.5) is 5.69 Å². The van der Waals surface area contributed by atoms with Gasteiger partial charge in [-0.3, -0.25) is 4.98 Å². The lowest BCUT2D eigenvalue weighted by molar-refractivity contribution is -0.147. The van der Waals surface area contributed by atoms with Crippen LogP contribution in [0, 0.1) is 19.3 Å². The fraction of sp³-hybridized carbons (Fsp3) is 0.647. The summed E-state index contributed by atoms with van der Waals surface area (Å²) in [4.78, 5) is 17.9. The van der Waals surface area contributed by atoms with Gasteiger partial charge in [-0.2, -0.15) is 0 Å². The van der Waals surface area contributed by atoms with E-state index in [0.29, 0.717) is 16.7 Å². The topological polar surface area (TPSA) is 73.7 Å². The first kappa shape index (κ1) is 16.7. The number of rotatable bonds is 3. The van der Waals surface area contributed by atoms with Crippen LogP contribution in [-0.2, 0) is 4.79 Å². The van der Waals surface area contributed by atoms with E-state index in [0.717, 1.165) is 41.8 Å². The predicted molar refractivity (Wildman–Crippen MR) is 91.7 cm³/mol. The average Bonchev–Trinajstić information content (AvgIpc) is 2.48. The molecule has 2 N–H and O–H groups in total. The summed E-state index contributed by atoms with van der Waals surface area (Å²) < 4.78 is 0.794. The van der Waals surface area contributed by atoms with Gasteiger partial charge in [0, 0.05) is 24.3 Å². The highest BCUT2D eigenvalue weighted by molar-refractivity contribution is 9.10. The Labute approximate surface area is 144 Å². The van der Waals surface area contributed by atoms with E-state index in [-0.39, 0.29) is 0 Å². The van der Waals surface area contributed by atoms with E-state index < -0.39 is 12.1 Å². The summed E-state index contributed by atoms with van der Waals surface area (Å²) in [7, 11) is 0. The van der Waals surface area contributed by atoms with E-state index in [2.05, 4.69) is 25.8 Å². The highest BCUT2D eigenvalue weighted by Crippen LogP contribution is 2.50. The molecule has 1 atom stereocenters. The maximum Gasteiger partial charge on any atom is 0.337 e. The second-order valence-corrected chi connectivity index (χ2v) is 7.73. The molecule has 0 aromatic carbocycles. The minimum absolute atomic E-state index is 0.416. The van der Waals surface area contributed by atoms with Gasteiger partial charge in [-0.25, -0.2) is 4.79 Å². The number of nitrogens with zero attached hydrogens (tertiary/aromatic N) is 2. The van der Waals surface area contributed by atoms with Crippen molar-refractivity contribution < 1.29 is 15.0 Å². The number of aliphatic hydroxyl groups excluding tert-OH is 1. The molecule has 2 heterocycles. The third-order valence-corrected chi connectivity index (χ3v) is 6.52. The summed E-state index contributed by atoms with van der Waals surface area (Å²) in [5, 5.41) is 19.4. The largest absolute Gasteiger partial charge is 0.479 e. The number of hydrogen-bond acceptors (Lipinski definition) is 4. The lowest BCUT2D eigenvalue weighted by Crippen LogP contribution is -2.44. The summed E-state index contributed by atoms with van der Waals surface area (Å²) in [5.41, 5.74) is 3.15. The molecule has 6 heteroatoms. The predicted octanol–water partition coefficient (Wildman–Crippen LogP) is 3.35. The maximum absolute atomic E-state index is 11.3. The highest BCUT2D eigenvalue weighted by Gasteiger charge is 2.40. The van der Waals surface area contributed by atoms with Crippen molar-refractivity contribution in [3.8, 4) is 0 Å². The molecule has 0 bridgehead atoms. The first-order chi connectivity index (χ1) is 10.8. The molecule has 1 unspecified atom stereocenters. The molecule has 3 rings (SSSR count). The third kappa shape index (κ3) is 2.87. The zero-order valence-electron chi connectivity index (χ0n) is 13.6. The fourth-order valence-corrected chi connectivity index (χ4v) is 4.52. The number of hydrogen-bond donors (Lipinski definition) is 2. The van der Waals surface area contributed by atoms with Crippen LogP contribution < -0.4 is 4.90 Å². The number of aliphatic hydroxyl groups is 1. The number of carboxylic acids is 1. The summed E-state index contributed by atoms with van der Waals surface area (Å²) in [5.74, 6) is -1.24. The Balaban J connectivity index is 1.98. The van der Waals surface area contributed by atoms with Gasteiger partial charge < -0.3 is 15.1 Å². The number of pyridine rings is 1. The standard InChI is InChI=1S/C17H23BrN2O3/c1-10-12(15(21)16(22)23)14(13(18)11(2)19-10)20-8-6-17(7-9-20)4-3-5-17/h15,21H,3-9H2,1-2H3,(H,22,23). The molecule has 1 saturated carbocycles. The van der Waals surface area contributed by atoms with Gasteiger partial charge in [0.1, 0.15) is 0 Å². The smallest absolute Gasteiger partial charge is 0.337 e. The number of halogens is 1. The zero-order valence-corrected chi connectivity index (χ0v) is 15.2. The van der Waals surface area contributed by atoms with E-state index in [4.69, 9.17) is 0 Å². The van der Waals surface area contributed by atoms with E-state index in [1.165, 1.54) is 19.3 Å². The normalized spacial score (nSPS) is 21.1. The van der Waals surface area contributed by atoms with Crippen LogP contribution in [0.5, 0.6) is 0 Å². The van der Waals surface area contributed by atoms with Crippen LogP contribution in [-0.4, -0.2) is 34.3 Å². The molecule has 126 valence electrons. The van der Waals surface area contributed by atoms with Gasteiger partial charge in [0.15, 0.2) is 6.10 Å². The van der Waals surface area contributed by atoms with Crippen molar-refractivity contribution in [2.45, 2.75) is 52.1 Å². The molecule has 5 nitrogen and oxygen atoms in total. The monoisotopic (exact) mass is 382 g/mol. The molecule has 23 heavy (non-hydrogen) atoms. The van der Waals surface area contributed by atoms with Gasteiger partial charge >= 0.3 is 5.97 Å².